The van der Waals surface area contributed by atoms with Crippen molar-refractivity contribution in [1.29, 1.82) is 0 Å². The lowest BCUT2D eigenvalue weighted by molar-refractivity contribution is -0.131. The van der Waals surface area contributed by atoms with Gasteiger partial charge in [-0.2, -0.15) is 0 Å². The topological polar surface area (TPSA) is 67.9 Å². The first-order valence-electron chi connectivity index (χ1n) is 8.80. The molecule has 0 saturated heterocycles. The average Bonchev–Trinajstić information content (AvgIpc) is 3.15. The maximum atomic E-state index is 13.1. The van der Waals surface area contributed by atoms with Crippen LogP contribution in [0.1, 0.15) is 19.4 Å². The zero-order valence-corrected chi connectivity index (χ0v) is 16.0. The van der Waals surface area contributed by atoms with Gasteiger partial charge in [-0.25, -0.2) is 0 Å². The summed E-state index contributed by atoms with van der Waals surface area (Å²) in [6.07, 6.45) is 0. The van der Waals surface area contributed by atoms with Crippen LogP contribution in [0.3, 0.4) is 0 Å². The van der Waals surface area contributed by atoms with E-state index in [2.05, 4.69) is 5.32 Å². The van der Waals surface area contributed by atoms with Crippen molar-refractivity contribution in [1.82, 2.24) is 5.32 Å². The van der Waals surface area contributed by atoms with E-state index in [0.717, 1.165) is 16.1 Å². The van der Waals surface area contributed by atoms with Gasteiger partial charge >= 0.3 is 0 Å². The number of benzene rings is 2. The third-order valence-electron chi connectivity index (χ3n) is 4.76. The van der Waals surface area contributed by atoms with Gasteiger partial charge in [-0.05, 0) is 43.7 Å². The highest BCUT2D eigenvalue weighted by Crippen LogP contribution is 2.45. The number of para-hydroxylation sites is 1. The molecule has 0 fully saturated rings. The second kappa shape index (κ2) is 6.81. The Hall–Kier alpha value is -2.67. The first-order valence-corrected chi connectivity index (χ1v) is 9.61. The number of fused-ring (bicyclic) bond motifs is 2. The minimum atomic E-state index is -1.21. The predicted octanol–water partition coefficient (Wildman–Crippen LogP) is 2.95. The number of anilines is 1. The van der Waals surface area contributed by atoms with Gasteiger partial charge in [-0.1, -0.05) is 30.0 Å². The molecular weight excluding hydrogens is 364 g/mol. The van der Waals surface area contributed by atoms with Crippen LogP contribution in [0.5, 0.6) is 11.5 Å². The van der Waals surface area contributed by atoms with Crippen LogP contribution in [0.4, 0.5) is 5.69 Å². The van der Waals surface area contributed by atoms with E-state index in [1.54, 1.807) is 11.8 Å². The summed E-state index contributed by atoms with van der Waals surface area (Å²) >= 11 is 1.30. The number of rotatable bonds is 4. The largest absolute Gasteiger partial charge is 0.454 e. The fourth-order valence-corrected chi connectivity index (χ4v) is 4.49. The predicted molar refractivity (Wildman–Crippen MR) is 103 cm³/mol. The van der Waals surface area contributed by atoms with Crippen LogP contribution in [0, 0.1) is 0 Å². The zero-order chi connectivity index (χ0) is 19.0. The van der Waals surface area contributed by atoms with Gasteiger partial charge in [0.25, 0.3) is 5.91 Å². The molecule has 0 radical (unpaired) electrons. The molecule has 1 N–H and O–H groups in total. The summed E-state index contributed by atoms with van der Waals surface area (Å²) in [4.78, 5) is 28.6. The highest BCUT2D eigenvalue weighted by atomic mass is 32.2. The number of thioether (sulfide) groups is 1. The summed E-state index contributed by atoms with van der Waals surface area (Å²) in [6.45, 7) is 4.64. The molecule has 7 heteroatoms. The van der Waals surface area contributed by atoms with E-state index in [-0.39, 0.29) is 18.6 Å². The molecule has 4 rings (SSSR count). The second-order valence-corrected chi connectivity index (χ2v) is 7.98. The highest BCUT2D eigenvalue weighted by Gasteiger charge is 2.48. The van der Waals surface area contributed by atoms with Crippen LogP contribution in [0.25, 0.3) is 0 Å². The van der Waals surface area contributed by atoms with Crippen LogP contribution in [0.2, 0.25) is 0 Å². The van der Waals surface area contributed by atoms with E-state index >= 15 is 0 Å². The molecule has 1 unspecified atom stereocenters. The maximum absolute atomic E-state index is 13.1. The smallest absolute Gasteiger partial charge is 0.252 e. The van der Waals surface area contributed by atoms with Crippen molar-refractivity contribution in [2.24, 2.45) is 0 Å². The molecule has 2 aliphatic heterocycles. The first-order chi connectivity index (χ1) is 13.0. The monoisotopic (exact) mass is 384 g/mol. The Kier molecular flexibility index (Phi) is 4.47. The average molecular weight is 384 g/mol. The zero-order valence-electron chi connectivity index (χ0n) is 15.2. The number of amides is 2. The van der Waals surface area contributed by atoms with Crippen LogP contribution < -0.4 is 19.7 Å². The van der Waals surface area contributed by atoms with Gasteiger partial charge in [0.05, 0.1) is 5.69 Å². The van der Waals surface area contributed by atoms with Crippen molar-refractivity contribution in [3.63, 3.8) is 0 Å². The standard InChI is InChI=1S/C20H20N2O4S/c1-3-22-14-6-4-5-7-17(14)27-20(2,19(22)24)18(23)21-11-13-8-9-15-16(10-13)26-12-25-15/h4-10H,3,11-12H2,1-2H3,(H,21,23). The molecule has 0 spiro atoms. The van der Waals surface area contributed by atoms with E-state index in [9.17, 15) is 9.59 Å². The van der Waals surface area contributed by atoms with E-state index in [1.165, 1.54) is 11.8 Å². The summed E-state index contributed by atoms with van der Waals surface area (Å²) in [5.74, 6) is 0.868. The lowest BCUT2D eigenvalue weighted by Gasteiger charge is -2.38. The number of carbonyl (C=O) groups excluding carboxylic acids is 2. The third-order valence-corrected chi connectivity index (χ3v) is 6.10. The third kappa shape index (κ3) is 3.02. The summed E-state index contributed by atoms with van der Waals surface area (Å²) in [7, 11) is 0. The second-order valence-electron chi connectivity index (χ2n) is 6.52. The summed E-state index contributed by atoms with van der Waals surface area (Å²) in [5, 5.41) is 2.90. The Bertz CT molecular complexity index is 917. The van der Waals surface area contributed by atoms with Gasteiger partial charge in [-0.3, -0.25) is 9.59 Å². The van der Waals surface area contributed by atoms with E-state index in [1.807, 2.05) is 49.4 Å². The van der Waals surface area contributed by atoms with Crippen LogP contribution in [0.15, 0.2) is 47.4 Å². The van der Waals surface area contributed by atoms with Gasteiger partial charge in [-0.15, -0.1) is 0 Å². The van der Waals surface area contributed by atoms with Crippen LogP contribution in [-0.2, 0) is 16.1 Å². The molecule has 1 atom stereocenters. The van der Waals surface area contributed by atoms with Gasteiger partial charge in [0.2, 0.25) is 12.7 Å². The van der Waals surface area contributed by atoms with Crippen LogP contribution in [-0.4, -0.2) is 29.9 Å². The number of nitrogens with zero attached hydrogens (tertiary/aromatic N) is 1. The van der Waals surface area contributed by atoms with Crippen molar-refractivity contribution >= 4 is 29.3 Å². The SMILES string of the molecule is CCN1C(=O)C(C)(C(=O)NCc2ccc3c(c2)OCO3)Sc2ccccc21. The van der Waals surface area contributed by atoms with Gasteiger partial charge in [0, 0.05) is 18.0 Å². The molecule has 2 aliphatic rings. The molecule has 0 aromatic heterocycles. The van der Waals surface area contributed by atoms with Gasteiger partial charge in [0.15, 0.2) is 16.2 Å². The molecule has 0 saturated carbocycles. The van der Waals surface area contributed by atoms with Gasteiger partial charge < -0.3 is 19.7 Å². The van der Waals surface area contributed by atoms with Crippen molar-refractivity contribution in [2.75, 3.05) is 18.2 Å². The molecule has 2 amide bonds. The van der Waals surface area contributed by atoms with Crippen molar-refractivity contribution in [3.8, 4) is 11.5 Å². The molecule has 2 heterocycles. The van der Waals surface area contributed by atoms with Crippen LogP contribution >= 0.6 is 11.8 Å². The van der Waals surface area contributed by atoms with E-state index < -0.39 is 4.75 Å². The van der Waals surface area contributed by atoms with Crippen molar-refractivity contribution in [3.05, 3.63) is 48.0 Å². The molecule has 140 valence electrons. The Morgan fingerprint density at radius 1 is 1.22 bits per heavy atom. The first kappa shape index (κ1) is 17.7. The molecule has 2 aromatic carbocycles. The molecular formula is C20H20N2O4S. The van der Waals surface area contributed by atoms with E-state index in [4.69, 9.17) is 9.47 Å². The summed E-state index contributed by atoms with van der Waals surface area (Å²) in [6, 6.07) is 13.2. The van der Waals surface area contributed by atoms with Crippen molar-refractivity contribution in [2.45, 2.75) is 30.0 Å². The Morgan fingerprint density at radius 2 is 2.00 bits per heavy atom. The number of nitrogens with one attached hydrogen (secondary N) is 1. The maximum Gasteiger partial charge on any atom is 0.252 e. The van der Waals surface area contributed by atoms with Gasteiger partial charge in [0.1, 0.15) is 0 Å². The minimum Gasteiger partial charge on any atom is -0.454 e. The Balaban J connectivity index is 1.53. The fraction of sp³-hybridized carbons (Fsp3) is 0.300. The molecule has 6 nitrogen and oxygen atoms in total. The number of hydrogen-bond donors (Lipinski definition) is 1. The lowest BCUT2D eigenvalue weighted by atomic mass is 10.1. The normalized spacial score (nSPS) is 20.4. The molecule has 0 aliphatic carbocycles. The number of ether oxygens (including phenoxy) is 2. The minimum absolute atomic E-state index is 0.197. The number of carbonyl (C=O) groups is 2. The Labute approximate surface area is 161 Å². The Morgan fingerprint density at radius 3 is 2.81 bits per heavy atom. The molecule has 0 bridgehead atoms. The van der Waals surface area contributed by atoms with E-state index in [0.29, 0.717) is 24.6 Å². The molecule has 27 heavy (non-hydrogen) atoms. The fourth-order valence-electron chi connectivity index (χ4n) is 3.26. The summed E-state index contributed by atoms with van der Waals surface area (Å²) < 4.78 is 9.46. The summed E-state index contributed by atoms with van der Waals surface area (Å²) in [5.41, 5.74) is 1.74. The number of hydrogen-bond acceptors (Lipinski definition) is 5. The van der Waals surface area contributed by atoms with Crippen molar-refractivity contribution < 1.29 is 19.1 Å². The quantitative estimate of drug-likeness (QED) is 0.821. The lowest BCUT2D eigenvalue weighted by Crippen LogP contribution is -2.56. The molecule has 2 aromatic rings. The highest BCUT2D eigenvalue weighted by molar-refractivity contribution is 8.02.